The second-order valence-electron chi connectivity index (χ2n) is 5.28. The predicted molar refractivity (Wildman–Crippen MR) is 93.7 cm³/mol. The first-order valence-corrected chi connectivity index (χ1v) is 8.06. The van der Waals surface area contributed by atoms with E-state index in [1.165, 1.54) is 4.90 Å². The number of thioether (sulfide) groups is 1. The summed E-state index contributed by atoms with van der Waals surface area (Å²) in [5.41, 5.74) is 2.87. The fraction of sp³-hybridized carbons (Fsp3) is 0.467. The Balaban J connectivity index is 0.00000242. The zero-order valence-electron chi connectivity index (χ0n) is 13.0. The van der Waals surface area contributed by atoms with Crippen molar-refractivity contribution in [3.63, 3.8) is 0 Å². The van der Waals surface area contributed by atoms with Crippen molar-refractivity contribution in [1.82, 2.24) is 10.2 Å². The summed E-state index contributed by atoms with van der Waals surface area (Å²) in [5, 5.41) is 6.01. The van der Waals surface area contributed by atoms with Gasteiger partial charge in [0.15, 0.2) is 0 Å². The number of carbonyl (C=O) groups excluding carboxylic acids is 2. The van der Waals surface area contributed by atoms with Crippen molar-refractivity contribution in [2.24, 2.45) is 0 Å². The summed E-state index contributed by atoms with van der Waals surface area (Å²) in [5.74, 6) is 1.35. The molecular weight excluding hydrogens is 322 g/mol. The zero-order valence-corrected chi connectivity index (χ0v) is 14.6. The van der Waals surface area contributed by atoms with Crippen LogP contribution in [0.15, 0.2) is 18.2 Å². The van der Waals surface area contributed by atoms with Crippen molar-refractivity contribution >= 4 is 41.7 Å². The molecule has 122 valence electrons. The van der Waals surface area contributed by atoms with Crippen molar-refractivity contribution in [1.29, 1.82) is 0 Å². The van der Waals surface area contributed by atoms with Gasteiger partial charge in [-0.15, -0.1) is 24.2 Å². The van der Waals surface area contributed by atoms with E-state index < -0.39 is 0 Å². The van der Waals surface area contributed by atoms with Gasteiger partial charge >= 0.3 is 0 Å². The molecule has 1 saturated heterocycles. The van der Waals surface area contributed by atoms with E-state index in [-0.39, 0.29) is 36.8 Å². The third-order valence-corrected chi connectivity index (χ3v) is 4.46. The zero-order chi connectivity index (χ0) is 15.4. The van der Waals surface area contributed by atoms with Crippen LogP contribution in [0.25, 0.3) is 0 Å². The van der Waals surface area contributed by atoms with Crippen LogP contribution in [0.4, 0.5) is 5.69 Å². The summed E-state index contributed by atoms with van der Waals surface area (Å²) in [4.78, 5) is 25.7. The van der Waals surface area contributed by atoms with Gasteiger partial charge in [0.25, 0.3) is 0 Å². The first-order valence-electron chi connectivity index (χ1n) is 6.91. The highest BCUT2D eigenvalue weighted by Crippen LogP contribution is 2.19. The van der Waals surface area contributed by atoms with Gasteiger partial charge in [0.05, 0.1) is 12.6 Å². The average molecular weight is 344 g/mol. The Bertz CT molecular complexity index is 527. The second-order valence-corrected chi connectivity index (χ2v) is 6.31. The number of nitrogens with zero attached hydrogens (tertiary/aromatic N) is 1. The largest absolute Gasteiger partial charge is 0.335 e. The normalized spacial score (nSPS) is 16.8. The van der Waals surface area contributed by atoms with Gasteiger partial charge in [-0.1, -0.05) is 18.2 Å². The number of rotatable bonds is 4. The fourth-order valence-corrected chi connectivity index (χ4v) is 3.24. The molecule has 0 radical (unpaired) electrons. The summed E-state index contributed by atoms with van der Waals surface area (Å²) in [6.07, 6.45) is 0. The van der Waals surface area contributed by atoms with Crippen LogP contribution in [0, 0.1) is 13.8 Å². The van der Waals surface area contributed by atoms with E-state index in [0.29, 0.717) is 0 Å². The molecule has 2 rings (SSSR count). The van der Waals surface area contributed by atoms with Crippen LogP contribution in [-0.2, 0) is 9.59 Å². The molecule has 1 aliphatic heterocycles. The van der Waals surface area contributed by atoms with E-state index in [1.807, 2.05) is 32.0 Å². The Hall–Kier alpha value is -1.24. The number of benzene rings is 1. The molecule has 0 aromatic heterocycles. The maximum absolute atomic E-state index is 12.1. The minimum Gasteiger partial charge on any atom is -0.335 e. The van der Waals surface area contributed by atoms with Gasteiger partial charge in [0.1, 0.15) is 0 Å². The Labute approximate surface area is 141 Å². The Morgan fingerprint density at radius 3 is 2.55 bits per heavy atom. The molecule has 1 unspecified atom stereocenters. The molecule has 1 heterocycles. The van der Waals surface area contributed by atoms with Gasteiger partial charge in [0.2, 0.25) is 11.8 Å². The van der Waals surface area contributed by atoms with E-state index in [0.717, 1.165) is 28.4 Å². The Morgan fingerprint density at radius 1 is 1.36 bits per heavy atom. The molecule has 22 heavy (non-hydrogen) atoms. The number of hydrogen-bond acceptors (Lipinski definition) is 4. The van der Waals surface area contributed by atoms with Crippen LogP contribution in [-0.4, -0.2) is 48.0 Å². The molecule has 0 bridgehead atoms. The minimum atomic E-state index is -0.173. The van der Waals surface area contributed by atoms with Crippen LogP contribution in [0.3, 0.4) is 0 Å². The summed E-state index contributed by atoms with van der Waals surface area (Å²) in [6.45, 7) is 3.98. The number of likely N-dealkylation sites (N-methyl/N-ethyl adjacent to an activating group) is 1. The number of nitrogens with one attached hydrogen (secondary N) is 2. The van der Waals surface area contributed by atoms with Gasteiger partial charge in [-0.25, -0.2) is 0 Å². The van der Waals surface area contributed by atoms with Crippen LogP contribution < -0.4 is 10.6 Å². The smallest absolute Gasteiger partial charge is 0.243 e. The number of aryl methyl sites for hydroxylation is 2. The van der Waals surface area contributed by atoms with E-state index in [2.05, 4.69) is 10.6 Å². The summed E-state index contributed by atoms with van der Waals surface area (Å²) < 4.78 is 0. The lowest BCUT2D eigenvalue weighted by Gasteiger charge is -2.21. The van der Waals surface area contributed by atoms with Crippen molar-refractivity contribution in [2.45, 2.75) is 19.9 Å². The second kappa shape index (κ2) is 8.41. The number of hydrogen-bond donors (Lipinski definition) is 2. The van der Waals surface area contributed by atoms with Crippen LogP contribution in [0.5, 0.6) is 0 Å². The van der Waals surface area contributed by atoms with E-state index in [4.69, 9.17) is 0 Å². The van der Waals surface area contributed by atoms with E-state index in [1.54, 1.807) is 18.8 Å². The van der Waals surface area contributed by atoms with Gasteiger partial charge in [-0.05, 0) is 25.0 Å². The third kappa shape index (κ3) is 4.63. The van der Waals surface area contributed by atoms with Crippen molar-refractivity contribution in [3.05, 3.63) is 29.3 Å². The number of anilines is 1. The molecule has 1 aromatic carbocycles. The molecule has 1 aliphatic rings. The number of carbonyl (C=O) groups is 2. The minimum absolute atomic E-state index is 0. The van der Waals surface area contributed by atoms with Crippen molar-refractivity contribution < 1.29 is 9.59 Å². The molecule has 7 heteroatoms. The number of para-hydroxylation sites is 1. The van der Waals surface area contributed by atoms with Crippen LogP contribution in [0.1, 0.15) is 11.1 Å². The van der Waals surface area contributed by atoms with Gasteiger partial charge in [-0.3, -0.25) is 14.9 Å². The number of amides is 2. The molecule has 2 amide bonds. The molecule has 2 N–H and O–H groups in total. The highest BCUT2D eigenvalue weighted by atomic mass is 35.5. The van der Waals surface area contributed by atoms with Gasteiger partial charge < -0.3 is 10.2 Å². The molecule has 1 aromatic rings. The van der Waals surface area contributed by atoms with Crippen LogP contribution >= 0.6 is 24.2 Å². The fourth-order valence-electron chi connectivity index (χ4n) is 2.30. The molecule has 0 aliphatic carbocycles. The molecule has 0 saturated carbocycles. The maximum Gasteiger partial charge on any atom is 0.243 e. The lowest BCUT2D eigenvalue weighted by Crippen LogP contribution is -2.45. The van der Waals surface area contributed by atoms with Gasteiger partial charge in [0, 0.05) is 24.4 Å². The lowest BCUT2D eigenvalue weighted by molar-refractivity contribution is -0.134. The first kappa shape index (κ1) is 18.8. The first-order chi connectivity index (χ1) is 9.99. The maximum atomic E-state index is 12.1. The van der Waals surface area contributed by atoms with Gasteiger partial charge in [-0.2, -0.15) is 0 Å². The average Bonchev–Trinajstić information content (AvgIpc) is 2.96. The monoisotopic (exact) mass is 343 g/mol. The molecule has 0 spiro atoms. The Morgan fingerprint density at radius 2 is 2.00 bits per heavy atom. The predicted octanol–water partition coefficient (Wildman–Crippen LogP) is 1.78. The van der Waals surface area contributed by atoms with Crippen molar-refractivity contribution in [2.75, 3.05) is 30.5 Å². The quantitative estimate of drug-likeness (QED) is 0.875. The molecular formula is C15H22ClN3O2S. The summed E-state index contributed by atoms with van der Waals surface area (Å²) >= 11 is 1.69. The molecule has 1 atom stereocenters. The molecule has 5 nitrogen and oxygen atoms in total. The summed E-state index contributed by atoms with van der Waals surface area (Å²) in [6, 6.07) is 5.70. The third-order valence-electron chi connectivity index (χ3n) is 3.52. The SMILES string of the molecule is Cc1cccc(C)c1NC(=O)CN(C)C(=O)C1CSCN1.Cl. The van der Waals surface area contributed by atoms with E-state index >= 15 is 0 Å². The lowest BCUT2D eigenvalue weighted by atomic mass is 10.1. The number of halogens is 1. The van der Waals surface area contributed by atoms with Crippen molar-refractivity contribution in [3.8, 4) is 0 Å². The Kier molecular flexibility index (Phi) is 7.19. The van der Waals surface area contributed by atoms with Crippen LogP contribution in [0.2, 0.25) is 0 Å². The summed E-state index contributed by atoms with van der Waals surface area (Å²) in [7, 11) is 1.66. The van der Waals surface area contributed by atoms with E-state index in [9.17, 15) is 9.59 Å². The molecule has 1 fully saturated rings. The highest BCUT2D eigenvalue weighted by Gasteiger charge is 2.26. The standard InChI is InChI=1S/C15H21N3O2S.ClH/c1-10-5-4-6-11(2)14(10)17-13(19)7-18(3)15(20)12-8-21-9-16-12;/h4-6,12,16H,7-9H2,1-3H3,(H,17,19);1H. The highest BCUT2D eigenvalue weighted by molar-refractivity contribution is 7.99. The topological polar surface area (TPSA) is 61.4 Å².